The number of hydrogen-bond acceptors (Lipinski definition) is 4. The van der Waals surface area contributed by atoms with Crippen molar-refractivity contribution in [1.82, 2.24) is 9.80 Å². The number of rotatable bonds is 7. The van der Waals surface area contributed by atoms with Gasteiger partial charge in [-0.15, -0.1) is 0 Å². The third-order valence-electron chi connectivity index (χ3n) is 8.60. The highest BCUT2D eigenvalue weighted by atomic mass is 16.3. The van der Waals surface area contributed by atoms with Crippen molar-refractivity contribution in [2.45, 2.75) is 69.4 Å². The highest BCUT2D eigenvalue weighted by Gasteiger charge is 2.58. The predicted octanol–water partition coefficient (Wildman–Crippen LogP) is 4.83. The number of β-amino-alcohol motifs (C(OH)–C–C–N with tert-alkyl or cyclic N) is 1. The Morgan fingerprint density at radius 1 is 1.09 bits per heavy atom. The predicted molar refractivity (Wildman–Crippen MR) is 138 cm³/mol. The number of carbonyl (C=O) groups excluding carboxylic acids is 1. The van der Waals surface area contributed by atoms with Crippen molar-refractivity contribution in [1.29, 1.82) is 0 Å². The number of phenols is 1. The fourth-order valence-electron chi connectivity index (χ4n) is 6.66. The zero-order valence-corrected chi connectivity index (χ0v) is 21.2. The van der Waals surface area contributed by atoms with Crippen molar-refractivity contribution in [3.63, 3.8) is 0 Å². The quantitative estimate of drug-likeness (QED) is 0.601. The summed E-state index contributed by atoms with van der Waals surface area (Å²) in [5.74, 6) is 1.45. The third-order valence-corrected chi connectivity index (χ3v) is 8.60. The van der Waals surface area contributed by atoms with Crippen LogP contribution in [0.3, 0.4) is 0 Å². The lowest BCUT2D eigenvalue weighted by atomic mass is 9.55. The topological polar surface area (TPSA) is 64.0 Å². The van der Waals surface area contributed by atoms with Crippen LogP contribution in [0.2, 0.25) is 0 Å². The van der Waals surface area contributed by atoms with Gasteiger partial charge in [0.2, 0.25) is 0 Å². The van der Waals surface area contributed by atoms with Crippen molar-refractivity contribution in [3.8, 4) is 5.75 Å². The van der Waals surface area contributed by atoms with Crippen molar-refractivity contribution in [2.75, 3.05) is 26.2 Å². The minimum atomic E-state index is -0.871. The van der Waals surface area contributed by atoms with E-state index in [1.807, 2.05) is 42.5 Å². The van der Waals surface area contributed by atoms with Gasteiger partial charge in [-0.25, -0.2) is 0 Å². The molecule has 2 aromatic carbocycles. The molecule has 5 heteroatoms. The molecule has 1 saturated heterocycles. The minimum absolute atomic E-state index is 0.0442. The number of benzene rings is 2. The van der Waals surface area contributed by atoms with Crippen molar-refractivity contribution in [2.24, 2.45) is 11.8 Å². The van der Waals surface area contributed by atoms with Gasteiger partial charge in [-0.2, -0.15) is 0 Å². The highest BCUT2D eigenvalue weighted by Crippen LogP contribution is 2.53. The molecule has 2 aromatic rings. The maximum Gasteiger partial charge on any atom is 0.254 e. The van der Waals surface area contributed by atoms with Gasteiger partial charge in [0, 0.05) is 36.7 Å². The number of fused-ring (bicyclic) bond motifs is 1. The number of aromatic hydroxyl groups is 1. The zero-order valence-electron chi connectivity index (χ0n) is 21.2. The summed E-state index contributed by atoms with van der Waals surface area (Å²) in [6.45, 7) is 7.70. The lowest BCUT2D eigenvalue weighted by Crippen LogP contribution is -2.67. The standard InChI is InChI=1S/C30H40N2O3/c1-22(2)19-32(28(34)24-7-4-3-5-8-24)26-13-14-30(35)21-31(20-23-11-12-23)16-15-29(30,18-26)25-9-6-10-27(33)17-25/h3-10,17,22-23,26,33,35H,11-16,18-21H2,1-2H3/t26-,29-,30-/m0/s1. The number of piperidine rings is 1. The van der Waals surface area contributed by atoms with Gasteiger partial charge in [-0.3, -0.25) is 4.79 Å². The van der Waals surface area contributed by atoms with Gasteiger partial charge in [0.05, 0.1) is 5.60 Å². The van der Waals surface area contributed by atoms with Crippen LogP contribution < -0.4 is 0 Å². The molecule has 2 N–H and O–H groups in total. The van der Waals surface area contributed by atoms with E-state index in [0.29, 0.717) is 25.4 Å². The first-order chi connectivity index (χ1) is 16.8. The van der Waals surface area contributed by atoms with Crippen molar-refractivity contribution >= 4 is 5.91 Å². The summed E-state index contributed by atoms with van der Waals surface area (Å²) < 4.78 is 0. The molecule has 3 aliphatic rings. The molecule has 1 heterocycles. The number of amides is 1. The van der Waals surface area contributed by atoms with E-state index in [-0.39, 0.29) is 17.7 Å². The Morgan fingerprint density at radius 2 is 1.86 bits per heavy atom. The maximum atomic E-state index is 13.7. The molecule has 0 spiro atoms. The molecule has 5 rings (SSSR count). The van der Waals surface area contributed by atoms with Gasteiger partial charge in [0.15, 0.2) is 0 Å². The van der Waals surface area contributed by atoms with E-state index in [1.54, 1.807) is 6.07 Å². The molecule has 0 unspecified atom stereocenters. The summed E-state index contributed by atoms with van der Waals surface area (Å²) in [6.07, 6.45) is 5.62. The second-order valence-corrected chi connectivity index (χ2v) is 11.7. The Kier molecular flexibility index (Phi) is 6.67. The SMILES string of the molecule is CC(C)CN(C(=O)c1ccccc1)[C@H]1CC[C@]2(O)CN(CC3CC3)CC[C@@]2(c2cccc(O)c2)C1. The third kappa shape index (κ3) is 4.85. The average Bonchev–Trinajstić information content (AvgIpc) is 3.66. The van der Waals surface area contributed by atoms with Gasteiger partial charge >= 0.3 is 0 Å². The summed E-state index contributed by atoms with van der Waals surface area (Å²) in [7, 11) is 0. The summed E-state index contributed by atoms with van der Waals surface area (Å²) in [5, 5.41) is 22.7. The molecular weight excluding hydrogens is 436 g/mol. The molecule has 0 bridgehead atoms. The lowest BCUT2D eigenvalue weighted by Gasteiger charge is -2.59. The average molecular weight is 477 g/mol. The Balaban J connectivity index is 1.49. The van der Waals surface area contributed by atoms with Crippen LogP contribution in [0.5, 0.6) is 5.75 Å². The van der Waals surface area contributed by atoms with Crippen molar-refractivity contribution < 1.29 is 15.0 Å². The van der Waals surface area contributed by atoms with Crippen LogP contribution in [0.4, 0.5) is 0 Å². The van der Waals surface area contributed by atoms with Crippen LogP contribution in [0.25, 0.3) is 0 Å². The molecule has 0 radical (unpaired) electrons. The van der Waals surface area contributed by atoms with Crippen LogP contribution >= 0.6 is 0 Å². The number of nitrogens with zero attached hydrogens (tertiary/aromatic N) is 2. The van der Waals surface area contributed by atoms with Crippen LogP contribution in [0.15, 0.2) is 54.6 Å². The molecule has 2 aliphatic carbocycles. The Bertz CT molecular complexity index is 1040. The zero-order chi connectivity index (χ0) is 24.6. The summed E-state index contributed by atoms with van der Waals surface area (Å²) in [4.78, 5) is 18.2. The van der Waals surface area contributed by atoms with E-state index in [9.17, 15) is 15.0 Å². The van der Waals surface area contributed by atoms with Crippen LogP contribution in [-0.4, -0.2) is 63.7 Å². The fraction of sp³-hybridized carbons (Fsp3) is 0.567. The van der Waals surface area contributed by atoms with E-state index in [0.717, 1.165) is 49.4 Å². The first kappa shape index (κ1) is 24.3. The smallest absolute Gasteiger partial charge is 0.254 e. The van der Waals surface area contributed by atoms with E-state index in [2.05, 4.69) is 29.7 Å². The first-order valence-electron chi connectivity index (χ1n) is 13.4. The van der Waals surface area contributed by atoms with Gasteiger partial charge in [0.1, 0.15) is 5.75 Å². The van der Waals surface area contributed by atoms with E-state index in [4.69, 9.17) is 0 Å². The molecule has 0 aromatic heterocycles. The molecule has 1 amide bonds. The van der Waals surface area contributed by atoms with Crippen LogP contribution in [0.1, 0.15) is 68.3 Å². The molecule has 35 heavy (non-hydrogen) atoms. The van der Waals surface area contributed by atoms with E-state index >= 15 is 0 Å². The lowest BCUT2D eigenvalue weighted by molar-refractivity contribution is -0.133. The van der Waals surface area contributed by atoms with Gasteiger partial charge in [-0.1, -0.05) is 44.2 Å². The number of phenolic OH excluding ortho intramolecular Hbond substituents is 1. The van der Waals surface area contributed by atoms with E-state index in [1.165, 1.54) is 12.8 Å². The van der Waals surface area contributed by atoms with Crippen LogP contribution in [-0.2, 0) is 5.41 Å². The highest BCUT2D eigenvalue weighted by molar-refractivity contribution is 5.94. The summed E-state index contributed by atoms with van der Waals surface area (Å²) in [6, 6.07) is 17.1. The Hall–Kier alpha value is -2.37. The number of aliphatic hydroxyl groups is 1. The molecule has 188 valence electrons. The molecule has 3 fully saturated rings. The minimum Gasteiger partial charge on any atom is -0.508 e. The van der Waals surface area contributed by atoms with Crippen molar-refractivity contribution in [3.05, 3.63) is 65.7 Å². The van der Waals surface area contributed by atoms with Gasteiger partial charge in [-0.05, 0) is 86.7 Å². The first-order valence-corrected chi connectivity index (χ1v) is 13.4. The molecule has 1 aliphatic heterocycles. The molecule has 2 saturated carbocycles. The monoisotopic (exact) mass is 476 g/mol. The Labute approximate surface area is 209 Å². The Morgan fingerprint density at radius 3 is 2.54 bits per heavy atom. The summed E-state index contributed by atoms with van der Waals surface area (Å²) in [5.41, 5.74) is 0.372. The number of likely N-dealkylation sites (tertiary alicyclic amines) is 1. The van der Waals surface area contributed by atoms with Gasteiger partial charge in [0.25, 0.3) is 5.91 Å². The second-order valence-electron chi connectivity index (χ2n) is 11.7. The number of hydrogen-bond donors (Lipinski definition) is 2. The summed E-state index contributed by atoms with van der Waals surface area (Å²) >= 11 is 0. The second kappa shape index (κ2) is 9.59. The van der Waals surface area contributed by atoms with Crippen LogP contribution in [0, 0.1) is 11.8 Å². The van der Waals surface area contributed by atoms with E-state index < -0.39 is 11.0 Å². The molecule has 3 atom stereocenters. The maximum absolute atomic E-state index is 13.7. The largest absolute Gasteiger partial charge is 0.508 e. The van der Waals surface area contributed by atoms with Gasteiger partial charge < -0.3 is 20.0 Å². The molecule has 5 nitrogen and oxygen atoms in total. The normalized spacial score (nSPS) is 29.1. The number of carbonyl (C=O) groups is 1. The molecular formula is C30H40N2O3. The fourth-order valence-corrected chi connectivity index (χ4v) is 6.66.